The second-order valence-electron chi connectivity index (χ2n) is 5.89. The van der Waals surface area contributed by atoms with Gasteiger partial charge in [0.1, 0.15) is 6.61 Å². The van der Waals surface area contributed by atoms with E-state index in [0.29, 0.717) is 11.6 Å². The van der Waals surface area contributed by atoms with Crippen molar-refractivity contribution in [2.45, 2.75) is 43.0 Å². The van der Waals surface area contributed by atoms with E-state index in [4.69, 9.17) is 21.4 Å². The molecular weight excluding hydrogens is 366 g/mol. The Morgan fingerprint density at radius 1 is 1.28 bits per heavy atom. The Balaban J connectivity index is 1.82. The number of hydrogen-bond donors (Lipinski definition) is 2. The summed E-state index contributed by atoms with van der Waals surface area (Å²) in [5.74, 6) is -0.977. The van der Waals surface area contributed by atoms with Crippen LogP contribution in [0.4, 0.5) is 0 Å². The molecule has 0 radical (unpaired) electrons. The molecule has 2 N–H and O–H groups in total. The van der Waals surface area contributed by atoms with Crippen molar-refractivity contribution in [1.29, 1.82) is 0 Å². The van der Waals surface area contributed by atoms with Crippen LogP contribution in [-0.4, -0.2) is 38.7 Å². The Hall–Kier alpha value is -1.41. The van der Waals surface area contributed by atoms with E-state index in [0.717, 1.165) is 37.7 Å². The van der Waals surface area contributed by atoms with Crippen LogP contribution < -0.4 is 4.72 Å². The number of carboxylic acids is 1. The Kier molecular flexibility index (Phi) is 7.43. The molecular formula is C17H22ClNO5S. The summed E-state index contributed by atoms with van der Waals surface area (Å²) in [7, 11) is -3.58. The third kappa shape index (κ3) is 6.43. The van der Waals surface area contributed by atoms with Crippen molar-refractivity contribution in [2.75, 3.05) is 13.2 Å². The van der Waals surface area contributed by atoms with Crippen molar-refractivity contribution in [1.82, 2.24) is 4.72 Å². The maximum atomic E-state index is 12.5. The van der Waals surface area contributed by atoms with Crippen LogP contribution in [0.25, 0.3) is 0 Å². The number of carboxylic acid groups (broad SMARTS) is 1. The number of allylic oxidation sites excluding steroid dienone is 1. The van der Waals surface area contributed by atoms with E-state index in [1.54, 1.807) is 12.1 Å². The van der Waals surface area contributed by atoms with Gasteiger partial charge in [-0.25, -0.2) is 17.9 Å². The first-order chi connectivity index (χ1) is 11.9. The number of unbranched alkanes of at least 4 members (excludes halogenated alkanes) is 1. The molecule has 8 heteroatoms. The molecule has 6 nitrogen and oxygen atoms in total. The van der Waals surface area contributed by atoms with Gasteiger partial charge < -0.3 is 9.84 Å². The highest BCUT2D eigenvalue weighted by atomic mass is 35.5. The zero-order valence-corrected chi connectivity index (χ0v) is 15.4. The molecule has 2 rings (SSSR count). The van der Waals surface area contributed by atoms with Crippen LogP contribution in [0.15, 0.2) is 40.8 Å². The largest absolute Gasteiger partial charge is 0.480 e. The summed E-state index contributed by atoms with van der Waals surface area (Å²) in [5.41, 5.74) is 1.08. The lowest BCUT2D eigenvalue weighted by Crippen LogP contribution is -2.34. The molecule has 1 aromatic carbocycles. The SMILES string of the molecule is O=C(O)COCCCCC1=CCC[C@@H]1NS(=O)(=O)c1ccc(Cl)cc1. The molecule has 138 valence electrons. The third-order valence-electron chi connectivity index (χ3n) is 3.96. The fraction of sp³-hybridized carbons (Fsp3) is 0.471. The van der Waals surface area contributed by atoms with E-state index in [1.165, 1.54) is 12.1 Å². The number of benzene rings is 1. The number of carbonyl (C=O) groups is 1. The van der Waals surface area contributed by atoms with Gasteiger partial charge in [0.25, 0.3) is 0 Å². The molecule has 0 heterocycles. The quantitative estimate of drug-likeness (QED) is 0.475. The van der Waals surface area contributed by atoms with Crippen LogP contribution in [0.5, 0.6) is 0 Å². The van der Waals surface area contributed by atoms with Crippen LogP contribution in [0, 0.1) is 0 Å². The molecule has 0 saturated heterocycles. The van der Waals surface area contributed by atoms with Crippen LogP contribution >= 0.6 is 11.6 Å². The van der Waals surface area contributed by atoms with Gasteiger partial charge >= 0.3 is 5.97 Å². The van der Waals surface area contributed by atoms with Crippen molar-refractivity contribution in [2.24, 2.45) is 0 Å². The number of halogens is 1. The smallest absolute Gasteiger partial charge is 0.329 e. The predicted octanol–water partition coefficient (Wildman–Crippen LogP) is 2.98. The van der Waals surface area contributed by atoms with Gasteiger partial charge in [-0.05, 0) is 56.4 Å². The minimum atomic E-state index is -3.58. The monoisotopic (exact) mass is 387 g/mol. The predicted molar refractivity (Wildman–Crippen MR) is 95.2 cm³/mol. The maximum absolute atomic E-state index is 12.5. The number of rotatable bonds is 10. The highest BCUT2D eigenvalue weighted by Gasteiger charge is 2.25. The fourth-order valence-electron chi connectivity index (χ4n) is 2.74. The molecule has 0 aromatic heterocycles. The average molecular weight is 388 g/mol. The standard InChI is InChI=1S/C17H22ClNO5S/c18-14-7-9-15(10-8-14)25(22,23)19-16-6-3-5-13(16)4-1-2-11-24-12-17(20)21/h5,7-10,16,19H,1-4,6,11-12H2,(H,20,21)/t16-/m0/s1. The first-order valence-electron chi connectivity index (χ1n) is 8.15. The summed E-state index contributed by atoms with van der Waals surface area (Å²) in [6.07, 6.45) is 6.00. The van der Waals surface area contributed by atoms with Crippen molar-refractivity contribution >= 4 is 27.6 Å². The van der Waals surface area contributed by atoms with Crippen LogP contribution in [0.3, 0.4) is 0 Å². The van der Waals surface area contributed by atoms with Crippen LogP contribution in [0.2, 0.25) is 5.02 Å². The fourth-order valence-corrected chi connectivity index (χ4v) is 4.14. The molecule has 1 aliphatic rings. The van der Waals surface area contributed by atoms with Gasteiger partial charge in [-0.2, -0.15) is 0 Å². The third-order valence-corrected chi connectivity index (χ3v) is 5.70. The lowest BCUT2D eigenvalue weighted by molar-refractivity contribution is -0.142. The molecule has 1 aliphatic carbocycles. The highest BCUT2D eigenvalue weighted by Crippen LogP contribution is 2.25. The molecule has 0 amide bonds. The number of hydrogen-bond acceptors (Lipinski definition) is 4. The minimum absolute atomic E-state index is 0.194. The van der Waals surface area contributed by atoms with Gasteiger partial charge in [0.2, 0.25) is 10.0 Å². The summed E-state index contributed by atoms with van der Waals surface area (Å²) >= 11 is 5.80. The Labute approximate surface area is 152 Å². The minimum Gasteiger partial charge on any atom is -0.480 e. The molecule has 0 bridgehead atoms. The summed E-state index contributed by atoms with van der Waals surface area (Å²) in [5, 5.41) is 8.98. The summed E-state index contributed by atoms with van der Waals surface area (Å²) in [6.45, 7) is 0.104. The van der Waals surface area contributed by atoms with E-state index in [2.05, 4.69) is 10.8 Å². The molecule has 1 atom stereocenters. The summed E-state index contributed by atoms with van der Waals surface area (Å²) < 4.78 is 32.7. The highest BCUT2D eigenvalue weighted by molar-refractivity contribution is 7.89. The first-order valence-corrected chi connectivity index (χ1v) is 10.0. The van der Waals surface area contributed by atoms with Gasteiger partial charge in [-0.3, -0.25) is 0 Å². The maximum Gasteiger partial charge on any atom is 0.329 e. The van der Waals surface area contributed by atoms with E-state index < -0.39 is 16.0 Å². The van der Waals surface area contributed by atoms with Crippen molar-refractivity contribution in [3.05, 3.63) is 40.9 Å². The first kappa shape index (κ1) is 19.9. The van der Waals surface area contributed by atoms with E-state index in [9.17, 15) is 13.2 Å². The van der Waals surface area contributed by atoms with Crippen molar-refractivity contribution in [3.8, 4) is 0 Å². The van der Waals surface area contributed by atoms with Gasteiger partial charge in [0.15, 0.2) is 0 Å². The van der Waals surface area contributed by atoms with Crippen LogP contribution in [0.1, 0.15) is 32.1 Å². The molecule has 0 unspecified atom stereocenters. The number of aliphatic carboxylic acids is 1. The summed E-state index contributed by atoms with van der Waals surface area (Å²) in [6, 6.07) is 5.89. The molecule has 25 heavy (non-hydrogen) atoms. The average Bonchev–Trinajstić information content (AvgIpc) is 2.97. The van der Waals surface area contributed by atoms with Gasteiger partial charge in [-0.15, -0.1) is 0 Å². The lowest BCUT2D eigenvalue weighted by atomic mass is 10.1. The normalized spacial score (nSPS) is 17.5. The zero-order chi connectivity index (χ0) is 18.3. The lowest BCUT2D eigenvalue weighted by Gasteiger charge is -2.17. The Bertz CT molecular complexity index is 715. The second kappa shape index (κ2) is 9.33. The zero-order valence-electron chi connectivity index (χ0n) is 13.8. The number of sulfonamides is 1. The number of ether oxygens (including phenoxy) is 1. The van der Waals surface area contributed by atoms with E-state index >= 15 is 0 Å². The number of nitrogens with one attached hydrogen (secondary N) is 1. The molecule has 0 aliphatic heterocycles. The van der Waals surface area contributed by atoms with Crippen molar-refractivity contribution in [3.63, 3.8) is 0 Å². The van der Waals surface area contributed by atoms with Gasteiger partial charge in [0, 0.05) is 17.7 Å². The molecule has 0 spiro atoms. The Morgan fingerprint density at radius 3 is 2.68 bits per heavy atom. The van der Waals surface area contributed by atoms with Gasteiger partial charge in [0.05, 0.1) is 4.90 Å². The Morgan fingerprint density at radius 2 is 2.00 bits per heavy atom. The topological polar surface area (TPSA) is 92.7 Å². The second-order valence-corrected chi connectivity index (χ2v) is 8.04. The van der Waals surface area contributed by atoms with Crippen molar-refractivity contribution < 1.29 is 23.1 Å². The van der Waals surface area contributed by atoms with Crippen LogP contribution in [-0.2, 0) is 19.6 Å². The van der Waals surface area contributed by atoms with E-state index in [-0.39, 0.29) is 17.5 Å². The van der Waals surface area contributed by atoms with E-state index in [1.807, 2.05) is 0 Å². The molecule has 0 saturated carbocycles. The molecule has 1 aromatic rings. The van der Waals surface area contributed by atoms with Gasteiger partial charge in [-0.1, -0.05) is 23.3 Å². The summed E-state index contributed by atoms with van der Waals surface area (Å²) in [4.78, 5) is 10.5. The molecule has 0 fully saturated rings.